The van der Waals surface area contributed by atoms with Gasteiger partial charge in [0.2, 0.25) is 0 Å². The maximum atomic E-state index is 12.8. The Morgan fingerprint density at radius 1 is 1.20 bits per heavy atom. The van der Waals surface area contributed by atoms with Crippen LogP contribution < -0.4 is 0 Å². The Morgan fingerprint density at radius 3 is 2.52 bits per heavy atom. The molecule has 134 valence electrons. The summed E-state index contributed by atoms with van der Waals surface area (Å²) in [5.41, 5.74) is -0.161. The van der Waals surface area contributed by atoms with E-state index in [0.717, 1.165) is 18.6 Å². The zero-order chi connectivity index (χ0) is 18.2. The van der Waals surface area contributed by atoms with Gasteiger partial charge < -0.3 is 9.47 Å². The van der Waals surface area contributed by atoms with Gasteiger partial charge in [-0.15, -0.1) is 0 Å². The average Bonchev–Trinajstić information content (AvgIpc) is 3.02. The molecular formula is C18H20F3N3O. The predicted octanol–water partition coefficient (Wildman–Crippen LogP) is 4.01. The van der Waals surface area contributed by atoms with Gasteiger partial charge in [0.15, 0.2) is 0 Å². The minimum Gasteiger partial charge on any atom is -0.337 e. The van der Waals surface area contributed by atoms with Gasteiger partial charge in [-0.1, -0.05) is 19.9 Å². The van der Waals surface area contributed by atoms with Crippen LogP contribution in [0.1, 0.15) is 36.3 Å². The summed E-state index contributed by atoms with van der Waals surface area (Å²) in [4.78, 5) is 18.5. The molecule has 25 heavy (non-hydrogen) atoms. The highest BCUT2D eigenvalue weighted by atomic mass is 19.4. The number of halogens is 3. The maximum Gasteiger partial charge on any atom is 0.416 e. The average molecular weight is 351 g/mol. The molecule has 0 spiro atoms. The van der Waals surface area contributed by atoms with Crippen LogP contribution in [0.3, 0.4) is 0 Å². The fraction of sp³-hybridized carbons (Fsp3) is 0.444. The van der Waals surface area contributed by atoms with Crippen molar-refractivity contribution in [1.82, 2.24) is 14.5 Å². The molecule has 1 amide bonds. The lowest BCUT2D eigenvalue weighted by Gasteiger charge is -2.34. The van der Waals surface area contributed by atoms with Crippen molar-refractivity contribution in [3.8, 4) is 5.69 Å². The third kappa shape index (κ3) is 3.86. The molecule has 1 aromatic carbocycles. The highest BCUT2D eigenvalue weighted by Crippen LogP contribution is 2.30. The van der Waals surface area contributed by atoms with E-state index in [4.69, 9.17) is 0 Å². The molecular weight excluding hydrogens is 331 g/mol. The normalized spacial score (nSPS) is 21.4. The quantitative estimate of drug-likeness (QED) is 0.820. The van der Waals surface area contributed by atoms with Crippen LogP contribution in [-0.4, -0.2) is 33.4 Å². The molecule has 0 bridgehead atoms. The van der Waals surface area contributed by atoms with Gasteiger partial charge in [-0.05, 0) is 36.5 Å². The third-order valence-electron chi connectivity index (χ3n) is 4.43. The lowest BCUT2D eigenvalue weighted by molar-refractivity contribution is -0.137. The van der Waals surface area contributed by atoms with Crippen LogP contribution in [-0.2, 0) is 6.18 Å². The van der Waals surface area contributed by atoms with Crippen LogP contribution >= 0.6 is 0 Å². The van der Waals surface area contributed by atoms with E-state index in [0.29, 0.717) is 30.6 Å². The SMILES string of the molecule is C[C@H]1C[C@H](C)CN(C(=O)c2cn(-c3cccc(C(F)(F)F)c3)cn2)C1. The van der Waals surface area contributed by atoms with Gasteiger partial charge >= 0.3 is 6.18 Å². The lowest BCUT2D eigenvalue weighted by atomic mass is 9.92. The van der Waals surface area contributed by atoms with Crippen molar-refractivity contribution in [1.29, 1.82) is 0 Å². The zero-order valence-corrected chi connectivity index (χ0v) is 14.1. The van der Waals surface area contributed by atoms with E-state index < -0.39 is 11.7 Å². The molecule has 1 aromatic heterocycles. The van der Waals surface area contributed by atoms with Gasteiger partial charge in [-0.3, -0.25) is 4.79 Å². The number of benzene rings is 1. The molecule has 2 heterocycles. The highest BCUT2D eigenvalue weighted by molar-refractivity contribution is 5.92. The molecule has 3 rings (SSSR count). The number of amides is 1. The summed E-state index contributed by atoms with van der Waals surface area (Å²) >= 11 is 0. The number of aromatic nitrogens is 2. The van der Waals surface area contributed by atoms with Crippen LogP contribution in [0.5, 0.6) is 0 Å². The molecule has 1 fully saturated rings. The molecule has 1 saturated heterocycles. The number of imidazole rings is 1. The number of piperidine rings is 1. The summed E-state index contributed by atoms with van der Waals surface area (Å²) in [5.74, 6) is 0.681. The van der Waals surface area contributed by atoms with E-state index in [2.05, 4.69) is 18.8 Å². The smallest absolute Gasteiger partial charge is 0.337 e. The Labute approximate surface area is 144 Å². The first kappa shape index (κ1) is 17.5. The summed E-state index contributed by atoms with van der Waals surface area (Å²) in [6, 6.07) is 4.95. The largest absolute Gasteiger partial charge is 0.416 e. The Balaban J connectivity index is 1.82. The number of carbonyl (C=O) groups is 1. The number of alkyl halides is 3. The lowest BCUT2D eigenvalue weighted by Crippen LogP contribution is -2.42. The fourth-order valence-electron chi connectivity index (χ4n) is 3.41. The molecule has 1 aliphatic rings. The molecule has 0 aliphatic carbocycles. The second kappa shape index (κ2) is 6.54. The van der Waals surface area contributed by atoms with Crippen LogP contribution in [0, 0.1) is 11.8 Å². The summed E-state index contributed by atoms with van der Waals surface area (Å²) in [6.07, 6.45) is -0.459. The van der Waals surface area contributed by atoms with Gasteiger partial charge in [0.25, 0.3) is 5.91 Å². The van der Waals surface area contributed by atoms with Crippen LogP contribution in [0.2, 0.25) is 0 Å². The van der Waals surface area contributed by atoms with Crippen LogP contribution in [0.4, 0.5) is 13.2 Å². The van der Waals surface area contributed by atoms with Gasteiger partial charge in [0, 0.05) is 25.0 Å². The van der Waals surface area contributed by atoms with E-state index in [1.807, 2.05) is 0 Å². The van der Waals surface area contributed by atoms with Crippen molar-refractivity contribution in [3.05, 3.63) is 48.0 Å². The number of nitrogens with zero attached hydrogens (tertiary/aromatic N) is 3. The molecule has 2 aromatic rings. The predicted molar refractivity (Wildman–Crippen MR) is 87.4 cm³/mol. The molecule has 4 nitrogen and oxygen atoms in total. The zero-order valence-electron chi connectivity index (χ0n) is 14.1. The van der Waals surface area contributed by atoms with Crippen molar-refractivity contribution < 1.29 is 18.0 Å². The highest BCUT2D eigenvalue weighted by Gasteiger charge is 2.31. The number of hydrogen-bond donors (Lipinski definition) is 0. The first-order valence-electron chi connectivity index (χ1n) is 8.25. The second-order valence-electron chi connectivity index (χ2n) is 6.87. The topological polar surface area (TPSA) is 38.1 Å². The summed E-state index contributed by atoms with van der Waals surface area (Å²) < 4.78 is 40.0. The molecule has 1 aliphatic heterocycles. The number of hydrogen-bond acceptors (Lipinski definition) is 2. The number of rotatable bonds is 2. The van der Waals surface area contributed by atoms with E-state index in [1.165, 1.54) is 23.2 Å². The minimum absolute atomic E-state index is 0.177. The van der Waals surface area contributed by atoms with Gasteiger partial charge in [0.05, 0.1) is 5.56 Å². The standard InChI is InChI=1S/C18H20F3N3O/c1-12-6-13(2)9-23(8-12)17(25)16-10-24(11-22-16)15-5-3-4-14(7-15)18(19,20)21/h3-5,7,10-13H,6,8-9H2,1-2H3/t12-,13-/m0/s1. The summed E-state index contributed by atoms with van der Waals surface area (Å²) in [5, 5.41) is 0. The van der Waals surface area contributed by atoms with Crippen molar-refractivity contribution in [2.75, 3.05) is 13.1 Å². The first-order chi connectivity index (χ1) is 11.7. The molecule has 0 radical (unpaired) electrons. The first-order valence-corrected chi connectivity index (χ1v) is 8.25. The van der Waals surface area contributed by atoms with Gasteiger partial charge in [-0.2, -0.15) is 13.2 Å². The second-order valence-corrected chi connectivity index (χ2v) is 6.87. The molecule has 0 N–H and O–H groups in total. The van der Waals surface area contributed by atoms with E-state index in [1.54, 1.807) is 11.0 Å². The van der Waals surface area contributed by atoms with E-state index in [9.17, 15) is 18.0 Å². The Morgan fingerprint density at radius 2 is 1.88 bits per heavy atom. The Hall–Kier alpha value is -2.31. The molecule has 7 heteroatoms. The molecule has 2 atom stereocenters. The Bertz CT molecular complexity index is 759. The van der Waals surface area contributed by atoms with Gasteiger partial charge in [0.1, 0.15) is 12.0 Å². The van der Waals surface area contributed by atoms with Crippen molar-refractivity contribution in [2.24, 2.45) is 11.8 Å². The Kier molecular flexibility index (Phi) is 4.58. The van der Waals surface area contributed by atoms with E-state index in [-0.39, 0.29) is 11.6 Å². The van der Waals surface area contributed by atoms with E-state index >= 15 is 0 Å². The van der Waals surface area contributed by atoms with Crippen LogP contribution in [0.25, 0.3) is 5.69 Å². The summed E-state index contributed by atoms with van der Waals surface area (Å²) in [6.45, 7) is 5.58. The third-order valence-corrected chi connectivity index (χ3v) is 4.43. The van der Waals surface area contributed by atoms with Crippen molar-refractivity contribution in [3.63, 3.8) is 0 Å². The maximum absolute atomic E-state index is 12.8. The van der Waals surface area contributed by atoms with Gasteiger partial charge in [-0.25, -0.2) is 4.98 Å². The van der Waals surface area contributed by atoms with Crippen molar-refractivity contribution in [2.45, 2.75) is 26.4 Å². The monoisotopic (exact) mass is 351 g/mol. The number of likely N-dealkylation sites (tertiary alicyclic amines) is 1. The van der Waals surface area contributed by atoms with Crippen LogP contribution in [0.15, 0.2) is 36.8 Å². The molecule has 0 saturated carbocycles. The number of carbonyl (C=O) groups excluding carboxylic acids is 1. The fourth-order valence-corrected chi connectivity index (χ4v) is 3.41. The van der Waals surface area contributed by atoms with Crippen molar-refractivity contribution >= 4 is 5.91 Å². The minimum atomic E-state index is -4.41. The molecule has 0 unspecified atom stereocenters. The summed E-state index contributed by atoms with van der Waals surface area (Å²) in [7, 11) is 0.